The van der Waals surface area contributed by atoms with Crippen LogP contribution in [0.25, 0.3) is 0 Å². The molecule has 0 amide bonds. The lowest BCUT2D eigenvalue weighted by Gasteiger charge is -2.13. The number of methoxy groups -OCH3 is 1. The fourth-order valence-corrected chi connectivity index (χ4v) is 2.23. The number of nitrogens with one attached hydrogen (secondary N) is 1. The van der Waals surface area contributed by atoms with Crippen LogP contribution in [0, 0.1) is 11.3 Å². The summed E-state index contributed by atoms with van der Waals surface area (Å²) in [7, 11) is 1.61. The first-order valence-corrected chi connectivity index (χ1v) is 7.29. The van der Waals surface area contributed by atoms with E-state index in [0.717, 1.165) is 5.56 Å². The highest BCUT2D eigenvalue weighted by Gasteiger charge is 2.07. The zero-order valence-electron chi connectivity index (χ0n) is 12.5. The van der Waals surface area contributed by atoms with E-state index in [1.165, 1.54) is 0 Å². The highest BCUT2D eigenvalue weighted by atomic mass is 35.5. The van der Waals surface area contributed by atoms with Crippen molar-refractivity contribution in [3.63, 3.8) is 0 Å². The van der Waals surface area contributed by atoms with Gasteiger partial charge in [0, 0.05) is 11.6 Å². The Hall–Kier alpha value is -2.38. The van der Waals surface area contributed by atoms with Gasteiger partial charge in [-0.1, -0.05) is 17.7 Å². The molecule has 2 aromatic carbocycles. The molecular weight excluding hydrogens is 300 g/mol. The van der Waals surface area contributed by atoms with E-state index < -0.39 is 0 Å². The number of rotatable bonds is 6. The van der Waals surface area contributed by atoms with Crippen molar-refractivity contribution in [2.45, 2.75) is 13.5 Å². The maximum absolute atomic E-state index is 9.12. The Labute approximate surface area is 135 Å². The number of nitriles is 1. The largest absolute Gasteiger partial charge is 0.493 e. The van der Waals surface area contributed by atoms with Crippen molar-refractivity contribution in [1.82, 2.24) is 0 Å². The van der Waals surface area contributed by atoms with Gasteiger partial charge in [-0.05, 0) is 42.8 Å². The molecule has 22 heavy (non-hydrogen) atoms. The highest BCUT2D eigenvalue weighted by Crippen LogP contribution is 2.28. The van der Waals surface area contributed by atoms with Gasteiger partial charge in [-0.25, -0.2) is 0 Å². The van der Waals surface area contributed by atoms with E-state index in [1.807, 2.05) is 25.1 Å². The van der Waals surface area contributed by atoms with E-state index in [1.54, 1.807) is 25.3 Å². The summed E-state index contributed by atoms with van der Waals surface area (Å²) in [6.45, 7) is 3.05. The molecule has 114 valence electrons. The van der Waals surface area contributed by atoms with Crippen molar-refractivity contribution in [2.75, 3.05) is 19.0 Å². The summed E-state index contributed by atoms with van der Waals surface area (Å²) in [6.07, 6.45) is 0. The second-order valence-electron chi connectivity index (χ2n) is 4.57. The van der Waals surface area contributed by atoms with Crippen molar-refractivity contribution in [2.24, 2.45) is 0 Å². The maximum atomic E-state index is 9.12. The Morgan fingerprint density at radius 3 is 2.68 bits per heavy atom. The van der Waals surface area contributed by atoms with Crippen LogP contribution in [0.4, 0.5) is 5.69 Å². The predicted molar refractivity (Wildman–Crippen MR) is 87.7 cm³/mol. The van der Waals surface area contributed by atoms with Crippen LogP contribution in [-0.4, -0.2) is 13.7 Å². The summed E-state index contributed by atoms with van der Waals surface area (Å²) >= 11 is 5.98. The minimum atomic E-state index is 0.555. The number of halogens is 1. The lowest BCUT2D eigenvalue weighted by atomic mass is 10.1. The van der Waals surface area contributed by atoms with Crippen LogP contribution in [0.5, 0.6) is 11.5 Å². The van der Waals surface area contributed by atoms with Crippen LogP contribution in [0.15, 0.2) is 36.4 Å². The third-order valence-corrected chi connectivity index (χ3v) is 3.35. The van der Waals surface area contributed by atoms with E-state index >= 15 is 0 Å². The minimum Gasteiger partial charge on any atom is -0.493 e. The zero-order valence-corrected chi connectivity index (χ0v) is 13.3. The van der Waals surface area contributed by atoms with Crippen LogP contribution in [0.2, 0.25) is 5.02 Å². The molecule has 2 rings (SSSR count). The number of benzene rings is 2. The average Bonchev–Trinajstić information content (AvgIpc) is 2.53. The topological polar surface area (TPSA) is 54.3 Å². The van der Waals surface area contributed by atoms with Gasteiger partial charge < -0.3 is 14.8 Å². The van der Waals surface area contributed by atoms with Gasteiger partial charge in [0.2, 0.25) is 0 Å². The monoisotopic (exact) mass is 316 g/mol. The second-order valence-corrected chi connectivity index (χ2v) is 5.01. The Morgan fingerprint density at radius 1 is 1.18 bits per heavy atom. The van der Waals surface area contributed by atoms with Crippen molar-refractivity contribution in [3.8, 4) is 17.6 Å². The molecule has 0 aliphatic carbocycles. The molecule has 0 unspecified atom stereocenters. The van der Waals surface area contributed by atoms with Gasteiger partial charge >= 0.3 is 0 Å². The molecule has 0 saturated carbocycles. The molecule has 0 fully saturated rings. The number of nitrogens with zero attached hydrogens (tertiary/aromatic N) is 1. The fourth-order valence-electron chi connectivity index (χ4n) is 2.06. The van der Waals surface area contributed by atoms with Crippen molar-refractivity contribution in [3.05, 3.63) is 52.5 Å². The van der Waals surface area contributed by atoms with E-state index in [2.05, 4.69) is 11.4 Å². The number of hydrogen-bond acceptors (Lipinski definition) is 4. The lowest BCUT2D eigenvalue weighted by Crippen LogP contribution is -2.03. The highest BCUT2D eigenvalue weighted by molar-refractivity contribution is 6.30. The molecule has 0 spiro atoms. The van der Waals surface area contributed by atoms with Gasteiger partial charge in [-0.15, -0.1) is 0 Å². The van der Waals surface area contributed by atoms with Gasteiger partial charge in [-0.2, -0.15) is 5.26 Å². The molecule has 0 saturated heterocycles. The van der Waals surface area contributed by atoms with Gasteiger partial charge in [0.15, 0.2) is 11.5 Å². The van der Waals surface area contributed by atoms with E-state index in [9.17, 15) is 0 Å². The summed E-state index contributed by atoms with van der Waals surface area (Å²) in [5, 5.41) is 12.9. The SMILES string of the molecule is CCOc1cc(CNc2cc(Cl)ccc2C#N)ccc1OC. The second kappa shape index (κ2) is 7.58. The molecule has 0 radical (unpaired) electrons. The molecule has 0 heterocycles. The first kappa shape index (κ1) is 16.0. The van der Waals surface area contributed by atoms with Crippen molar-refractivity contribution >= 4 is 17.3 Å². The molecule has 0 aliphatic rings. The molecule has 0 aliphatic heterocycles. The molecule has 1 N–H and O–H groups in total. The third kappa shape index (κ3) is 3.84. The fraction of sp³-hybridized carbons (Fsp3) is 0.235. The standard InChI is InChI=1S/C17H17ClN2O2/c1-3-22-17-8-12(4-7-16(17)21-2)11-20-15-9-14(18)6-5-13(15)10-19/h4-9,20H,3,11H2,1-2H3. The van der Waals surface area contributed by atoms with Crippen LogP contribution in [-0.2, 0) is 6.54 Å². The summed E-state index contributed by atoms with van der Waals surface area (Å²) < 4.78 is 10.8. The quantitative estimate of drug-likeness (QED) is 0.866. The van der Waals surface area contributed by atoms with Crippen molar-refractivity contribution < 1.29 is 9.47 Å². The van der Waals surface area contributed by atoms with Crippen LogP contribution < -0.4 is 14.8 Å². The number of anilines is 1. The smallest absolute Gasteiger partial charge is 0.161 e. The van der Waals surface area contributed by atoms with Crippen molar-refractivity contribution in [1.29, 1.82) is 5.26 Å². The molecule has 2 aromatic rings. The Bertz CT molecular complexity index is 696. The zero-order chi connectivity index (χ0) is 15.9. The third-order valence-electron chi connectivity index (χ3n) is 3.11. The van der Waals surface area contributed by atoms with E-state index in [4.69, 9.17) is 26.3 Å². The minimum absolute atomic E-state index is 0.555. The average molecular weight is 317 g/mol. The molecule has 0 aromatic heterocycles. The normalized spacial score (nSPS) is 9.91. The summed E-state index contributed by atoms with van der Waals surface area (Å²) in [4.78, 5) is 0. The van der Waals surface area contributed by atoms with Gasteiger partial charge in [0.05, 0.1) is 25.0 Å². The van der Waals surface area contributed by atoms with Gasteiger partial charge in [0.1, 0.15) is 6.07 Å². The van der Waals surface area contributed by atoms with Crippen LogP contribution >= 0.6 is 11.6 Å². The van der Waals surface area contributed by atoms with Crippen LogP contribution in [0.3, 0.4) is 0 Å². The number of hydrogen-bond donors (Lipinski definition) is 1. The van der Waals surface area contributed by atoms with Crippen LogP contribution in [0.1, 0.15) is 18.1 Å². The lowest BCUT2D eigenvalue weighted by molar-refractivity contribution is 0.310. The van der Waals surface area contributed by atoms with Gasteiger partial charge in [0.25, 0.3) is 0 Å². The first-order valence-electron chi connectivity index (χ1n) is 6.91. The molecule has 0 atom stereocenters. The van der Waals surface area contributed by atoms with E-state index in [-0.39, 0.29) is 0 Å². The Balaban J connectivity index is 2.17. The molecule has 4 nitrogen and oxygen atoms in total. The van der Waals surface area contributed by atoms with E-state index in [0.29, 0.717) is 40.9 Å². The Kier molecular flexibility index (Phi) is 5.51. The first-order chi connectivity index (χ1) is 10.7. The van der Waals surface area contributed by atoms with Gasteiger partial charge in [-0.3, -0.25) is 0 Å². The molecule has 0 bridgehead atoms. The summed E-state index contributed by atoms with van der Waals surface area (Å²) in [5.41, 5.74) is 2.29. The summed E-state index contributed by atoms with van der Waals surface area (Å²) in [5.74, 6) is 1.40. The number of ether oxygens (including phenoxy) is 2. The maximum Gasteiger partial charge on any atom is 0.161 e. The molecular formula is C17H17ClN2O2. The Morgan fingerprint density at radius 2 is 2.00 bits per heavy atom. The molecule has 5 heteroatoms. The summed E-state index contributed by atoms with van der Waals surface area (Å²) in [6, 6.07) is 13.0. The predicted octanol–water partition coefficient (Wildman–Crippen LogP) is 4.23.